The highest BCUT2D eigenvalue weighted by atomic mass is 19.1. The fourth-order valence-corrected chi connectivity index (χ4v) is 2.55. The molecule has 0 bridgehead atoms. The molecule has 1 aromatic heterocycles. The number of rotatable bonds is 7. The van der Waals surface area contributed by atoms with Gasteiger partial charge in [-0.1, -0.05) is 32.0 Å². The molecular formula is C17H24FN5O2. The van der Waals surface area contributed by atoms with E-state index in [1.807, 2.05) is 13.8 Å². The van der Waals surface area contributed by atoms with E-state index in [1.54, 1.807) is 29.9 Å². The average Bonchev–Trinajstić information content (AvgIpc) is 2.99. The van der Waals surface area contributed by atoms with E-state index in [0.29, 0.717) is 11.4 Å². The lowest BCUT2D eigenvalue weighted by Gasteiger charge is -2.27. The van der Waals surface area contributed by atoms with Crippen molar-refractivity contribution in [2.75, 3.05) is 13.2 Å². The van der Waals surface area contributed by atoms with Crippen LogP contribution in [0.3, 0.4) is 0 Å². The number of halogens is 1. The van der Waals surface area contributed by atoms with E-state index in [-0.39, 0.29) is 43.5 Å². The third-order valence-electron chi connectivity index (χ3n) is 3.95. The Bertz CT molecular complexity index is 704. The maximum absolute atomic E-state index is 13.9. The maximum atomic E-state index is 13.9. The van der Waals surface area contributed by atoms with Crippen molar-refractivity contribution >= 4 is 6.03 Å². The number of urea groups is 1. The van der Waals surface area contributed by atoms with Gasteiger partial charge < -0.3 is 15.3 Å². The Hall–Kier alpha value is -2.48. The summed E-state index contributed by atoms with van der Waals surface area (Å²) in [6.45, 7) is 3.89. The molecule has 0 aliphatic rings. The van der Waals surface area contributed by atoms with Crippen molar-refractivity contribution in [3.8, 4) is 0 Å². The van der Waals surface area contributed by atoms with Gasteiger partial charge in [0.25, 0.3) is 0 Å². The molecule has 7 nitrogen and oxygen atoms in total. The highest BCUT2D eigenvalue weighted by molar-refractivity contribution is 5.74. The topological polar surface area (TPSA) is 83.3 Å². The highest BCUT2D eigenvalue weighted by Crippen LogP contribution is 2.20. The number of aromatic nitrogens is 3. The van der Waals surface area contributed by atoms with E-state index in [4.69, 9.17) is 0 Å². The molecule has 1 heterocycles. The summed E-state index contributed by atoms with van der Waals surface area (Å²) in [6.07, 6.45) is 1.43. The Morgan fingerprint density at radius 3 is 2.68 bits per heavy atom. The molecule has 2 aromatic rings. The van der Waals surface area contributed by atoms with Crippen molar-refractivity contribution in [3.63, 3.8) is 0 Å². The number of aryl methyl sites for hydroxylation is 1. The fraction of sp³-hybridized carbons (Fsp3) is 0.471. The minimum Gasteiger partial charge on any atom is -0.395 e. The molecule has 0 fully saturated rings. The summed E-state index contributed by atoms with van der Waals surface area (Å²) in [6, 6.07) is 5.54. The molecule has 8 heteroatoms. The molecule has 1 atom stereocenters. The molecule has 0 aliphatic carbocycles. The van der Waals surface area contributed by atoms with Crippen molar-refractivity contribution in [3.05, 3.63) is 47.8 Å². The molecular weight excluding hydrogens is 325 g/mol. The maximum Gasteiger partial charge on any atom is 0.318 e. The third kappa shape index (κ3) is 4.76. The van der Waals surface area contributed by atoms with Gasteiger partial charge in [-0.05, 0) is 12.0 Å². The highest BCUT2D eigenvalue weighted by Gasteiger charge is 2.25. The zero-order valence-electron chi connectivity index (χ0n) is 14.7. The van der Waals surface area contributed by atoms with Crippen LogP contribution in [0.25, 0.3) is 0 Å². The van der Waals surface area contributed by atoms with E-state index in [2.05, 4.69) is 15.4 Å². The van der Waals surface area contributed by atoms with Crippen LogP contribution in [0.15, 0.2) is 30.6 Å². The number of aliphatic hydroxyl groups excluding tert-OH is 1. The monoisotopic (exact) mass is 349 g/mol. The van der Waals surface area contributed by atoms with Crippen LogP contribution in [0.5, 0.6) is 0 Å². The van der Waals surface area contributed by atoms with Crippen LogP contribution in [-0.4, -0.2) is 44.0 Å². The summed E-state index contributed by atoms with van der Waals surface area (Å²) in [4.78, 5) is 18.3. The number of nitrogens with zero attached hydrogens (tertiary/aromatic N) is 4. The first kappa shape index (κ1) is 18.9. The van der Waals surface area contributed by atoms with E-state index in [9.17, 15) is 14.3 Å². The number of hydrogen-bond acceptors (Lipinski definition) is 4. The zero-order valence-corrected chi connectivity index (χ0v) is 14.7. The summed E-state index contributed by atoms with van der Waals surface area (Å²) in [7, 11) is 1.76. The van der Waals surface area contributed by atoms with Gasteiger partial charge >= 0.3 is 6.03 Å². The van der Waals surface area contributed by atoms with Crippen LogP contribution in [0.2, 0.25) is 0 Å². The number of carbonyl (C=O) groups excluding carboxylic acids is 1. The van der Waals surface area contributed by atoms with Crippen molar-refractivity contribution in [2.45, 2.75) is 26.4 Å². The number of hydrogen-bond donors (Lipinski definition) is 2. The number of benzene rings is 1. The molecule has 0 aliphatic heterocycles. The van der Waals surface area contributed by atoms with Crippen molar-refractivity contribution in [1.82, 2.24) is 25.0 Å². The fourth-order valence-electron chi connectivity index (χ4n) is 2.55. The van der Waals surface area contributed by atoms with E-state index < -0.39 is 0 Å². The minimum absolute atomic E-state index is 0.0721. The van der Waals surface area contributed by atoms with E-state index >= 15 is 0 Å². The Labute approximate surface area is 146 Å². The van der Waals surface area contributed by atoms with Crippen molar-refractivity contribution in [1.29, 1.82) is 0 Å². The predicted octanol–water partition coefficient (Wildman–Crippen LogP) is 1.86. The normalized spacial score (nSPS) is 12.2. The van der Waals surface area contributed by atoms with Gasteiger partial charge in [0.05, 0.1) is 19.2 Å². The molecule has 2 rings (SSSR count). The molecule has 136 valence electrons. The minimum atomic E-state index is -0.390. The zero-order chi connectivity index (χ0) is 18.4. The number of amides is 2. The Balaban J connectivity index is 2.16. The van der Waals surface area contributed by atoms with Gasteiger partial charge in [0.1, 0.15) is 18.0 Å². The van der Waals surface area contributed by atoms with Gasteiger partial charge in [-0.25, -0.2) is 14.2 Å². The largest absolute Gasteiger partial charge is 0.395 e. The van der Waals surface area contributed by atoms with E-state index in [0.717, 1.165) is 0 Å². The smallest absolute Gasteiger partial charge is 0.318 e. The molecule has 25 heavy (non-hydrogen) atoms. The molecule has 2 amide bonds. The first-order valence-corrected chi connectivity index (χ1v) is 8.17. The molecule has 0 saturated carbocycles. The summed E-state index contributed by atoms with van der Waals surface area (Å²) in [5.74, 6) is 0.335. The van der Waals surface area contributed by atoms with Gasteiger partial charge in [0.2, 0.25) is 0 Å². The predicted molar refractivity (Wildman–Crippen MR) is 91.0 cm³/mol. The standard InChI is InChI=1S/C17H24FN5O2/c1-12(2)15(16-19-11-20-22(16)3)21-17(25)23(8-9-24)10-13-6-4-5-7-14(13)18/h4-7,11-12,15,24H,8-10H2,1-3H3,(H,21,25)/t15-/m0/s1. The SMILES string of the molecule is CC(C)[C@H](NC(=O)N(CCO)Cc1ccccc1F)c1ncnn1C. The van der Waals surface area contributed by atoms with Crippen LogP contribution in [-0.2, 0) is 13.6 Å². The average molecular weight is 349 g/mol. The van der Waals surface area contributed by atoms with Gasteiger partial charge in [-0.15, -0.1) is 0 Å². The van der Waals surface area contributed by atoms with Crippen LogP contribution in [0.1, 0.15) is 31.3 Å². The second-order valence-corrected chi connectivity index (χ2v) is 6.15. The summed E-state index contributed by atoms with van der Waals surface area (Å²) < 4.78 is 15.5. The Morgan fingerprint density at radius 1 is 1.40 bits per heavy atom. The summed E-state index contributed by atoms with van der Waals surface area (Å²) in [5.41, 5.74) is 0.394. The van der Waals surface area contributed by atoms with Crippen LogP contribution >= 0.6 is 0 Å². The van der Waals surface area contributed by atoms with Crippen molar-refractivity contribution in [2.24, 2.45) is 13.0 Å². The summed E-state index contributed by atoms with van der Waals surface area (Å²) >= 11 is 0. The van der Waals surface area contributed by atoms with Crippen LogP contribution in [0, 0.1) is 11.7 Å². The quantitative estimate of drug-likeness (QED) is 0.799. The summed E-state index contributed by atoms with van der Waals surface area (Å²) in [5, 5.41) is 16.2. The first-order valence-electron chi connectivity index (χ1n) is 8.17. The molecule has 0 unspecified atom stereocenters. The molecule has 0 saturated heterocycles. The lowest BCUT2D eigenvalue weighted by molar-refractivity contribution is 0.166. The molecule has 0 spiro atoms. The molecule has 2 N–H and O–H groups in total. The van der Waals surface area contributed by atoms with Gasteiger partial charge in [0.15, 0.2) is 0 Å². The van der Waals surface area contributed by atoms with Crippen LogP contribution in [0.4, 0.5) is 9.18 Å². The Kier molecular flexibility index (Phi) is 6.46. The van der Waals surface area contributed by atoms with Crippen LogP contribution < -0.4 is 5.32 Å². The molecule has 1 aromatic carbocycles. The second kappa shape index (κ2) is 8.57. The second-order valence-electron chi connectivity index (χ2n) is 6.15. The van der Waals surface area contributed by atoms with Gasteiger partial charge in [-0.2, -0.15) is 5.10 Å². The lowest BCUT2D eigenvalue weighted by Crippen LogP contribution is -2.44. The Morgan fingerprint density at radius 2 is 2.12 bits per heavy atom. The first-order chi connectivity index (χ1) is 11.9. The number of aliphatic hydroxyl groups is 1. The molecule has 0 radical (unpaired) electrons. The van der Waals surface area contributed by atoms with Crippen molar-refractivity contribution < 1.29 is 14.3 Å². The lowest BCUT2D eigenvalue weighted by atomic mass is 10.0. The van der Waals surface area contributed by atoms with Gasteiger partial charge in [0, 0.05) is 19.2 Å². The third-order valence-corrected chi connectivity index (χ3v) is 3.95. The van der Waals surface area contributed by atoms with E-state index in [1.165, 1.54) is 17.3 Å². The van der Waals surface area contributed by atoms with Gasteiger partial charge in [-0.3, -0.25) is 4.68 Å². The number of carbonyl (C=O) groups is 1. The number of nitrogens with one attached hydrogen (secondary N) is 1.